The first kappa shape index (κ1) is 17.4. The number of hydrogen-bond donors (Lipinski definition) is 1. The highest BCUT2D eigenvalue weighted by Gasteiger charge is 1.99. The molecule has 0 bridgehead atoms. The second-order valence-corrected chi connectivity index (χ2v) is 4.94. The van der Waals surface area contributed by atoms with Crippen LogP contribution in [0.5, 0.6) is 0 Å². The summed E-state index contributed by atoms with van der Waals surface area (Å²) in [5, 5.41) is 8.63. The molecule has 1 N–H and O–H groups in total. The third-order valence-corrected chi connectivity index (χ3v) is 3.27. The van der Waals surface area contributed by atoms with Gasteiger partial charge in [0.25, 0.3) is 0 Å². The molecule has 18 heavy (non-hydrogen) atoms. The molecule has 0 aromatic rings. The molecule has 0 saturated carbocycles. The van der Waals surface area contributed by atoms with Gasteiger partial charge in [0.2, 0.25) is 0 Å². The fourth-order valence-corrected chi connectivity index (χ4v) is 2.07. The second-order valence-electron chi connectivity index (χ2n) is 4.94. The van der Waals surface area contributed by atoms with Crippen molar-refractivity contribution in [2.75, 3.05) is 13.7 Å². The van der Waals surface area contributed by atoms with E-state index in [1.54, 1.807) is 0 Å². The van der Waals surface area contributed by atoms with Crippen LogP contribution in [-0.4, -0.2) is 24.8 Å². The van der Waals surface area contributed by atoms with E-state index in [1.165, 1.54) is 58.5 Å². The summed E-state index contributed by atoms with van der Waals surface area (Å²) in [6.45, 7) is 0.339. The molecule has 0 aliphatic heterocycles. The molecular weight excluding hydrogens is 228 g/mol. The van der Waals surface area contributed by atoms with Gasteiger partial charge in [0.1, 0.15) is 0 Å². The van der Waals surface area contributed by atoms with Crippen molar-refractivity contribution < 1.29 is 14.6 Å². The van der Waals surface area contributed by atoms with Crippen molar-refractivity contribution in [2.45, 2.75) is 77.0 Å². The fourth-order valence-electron chi connectivity index (χ4n) is 2.07. The first-order valence-corrected chi connectivity index (χ1v) is 7.49. The van der Waals surface area contributed by atoms with Gasteiger partial charge in [0, 0.05) is 13.0 Å². The lowest BCUT2D eigenvalue weighted by Gasteiger charge is -2.02. The van der Waals surface area contributed by atoms with Gasteiger partial charge in [-0.2, -0.15) is 0 Å². The summed E-state index contributed by atoms with van der Waals surface area (Å²) in [7, 11) is 1.45. The Kier molecular flexibility index (Phi) is 14.0. The molecule has 0 radical (unpaired) electrons. The molecule has 0 unspecified atom stereocenters. The monoisotopic (exact) mass is 258 g/mol. The van der Waals surface area contributed by atoms with Gasteiger partial charge in [-0.1, -0.05) is 57.8 Å². The lowest BCUT2D eigenvalue weighted by Crippen LogP contribution is -1.99. The number of ether oxygens (including phenoxy) is 1. The lowest BCUT2D eigenvalue weighted by molar-refractivity contribution is -0.140. The van der Waals surface area contributed by atoms with Crippen LogP contribution < -0.4 is 0 Å². The van der Waals surface area contributed by atoms with Gasteiger partial charge >= 0.3 is 5.97 Å². The van der Waals surface area contributed by atoms with E-state index in [9.17, 15) is 4.79 Å². The van der Waals surface area contributed by atoms with E-state index in [0.29, 0.717) is 13.0 Å². The summed E-state index contributed by atoms with van der Waals surface area (Å²) in [5.41, 5.74) is 0. The van der Waals surface area contributed by atoms with E-state index in [0.717, 1.165) is 19.3 Å². The maximum Gasteiger partial charge on any atom is 0.305 e. The van der Waals surface area contributed by atoms with Crippen molar-refractivity contribution in [3.05, 3.63) is 0 Å². The number of methoxy groups -OCH3 is 1. The van der Waals surface area contributed by atoms with E-state index in [2.05, 4.69) is 4.74 Å². The third-order valence-electron chi connectivity index (χ3n) is 3.27. The summed E-state index contributed by atoms with van der Waals surface area (Å²) in [6.07, 6.45) is 13.9. The van der Waals surface area contributed by atoms with Crippen LogP contribution in [0.1, 0.15) is 77.0 Å². The SMILES string of the molecule is COC(=O)CCCCCCCCCCCCCO. The molecule has 0 saturated heterocycles. The highest BCUT2D eigenvalue weighted by Crippen LogP contribution is 2.11. The highest BCUT2D eigenvalue weighted by atomic mass is 16.5. The molecule has 108 valence electrons. The van der Waals surface area contributed by atoms with Crippen molar-refractivity contribution in [2.24, 2.45) is 0 Å². The molecule has 0 heterocycles. The Morgan fingerprint density at radius 1 is 0.778 bits per heavy atom. The van der Waals surface area contributed by atoms with Crippen LogP contribution >= 0.6 is 0 Å². The Balaban J connectivity index is 2.97. The van der Waals surface area contributed by atoms with Crippen molar-refractivity contribution in [1.82, 2.24) is 0 Å². The van der Waals surface area contributed by atoms with Gasteiger partial charge in [0.05, 0.1) is 7.11 Å². The molecule has 0 fully saturated rings. The van der Waals surface area contributed by atoms with Gasteiger partial charge in [-0.05, 0) is 12.8 Å². The molecule has 0 aromatic heterocycles. The zero-order valence-corrected chi connectivity index (χ0v) is 12.0. The van der Waals surface area contributed by atoms with Crippen molar-refractivity contribution >= 4 is 5.97 Å². The van der Waals surface area contributed by atoms with E-state index in [1.807, 2.05) is 0 Å². The summed E-state index contributed by atoms with van der Waals surface area (Å²) < 4.78 is 4.60. The molecular formula is C15H30O3. The van der Waals surface area contributed by atoms with Crippen LogP contribution in [0.15, 0.2) is 0 Å². The first-order chi connectivity index (χ1) is 8.81. The Morgan fingerprint density at radius 3 is 1.56 bits per heavy atom. The van der Waals surface area contributed by atoms with Gasteiger partial charge in [0.15, 0.2) is 0 Å². The number of rotatable bonds is 13. The van der Waals surface area contributed by atoms with E-state index >= 15 is 0 Å². The molecule has 3 heteroatoms. The second kappa shape index (κ2) is 14.5. The molecule has 0 amide bonds. The maximum atomic E-state index is 10.9. The van der Waals surface area contributed by atoms with E-state index < -0.39 is 0 Å². The predicted octanol–water partition coefficient (Wildman–Crippen LogP) is 3.83. The van der Waals surface area contributed by atoms with E-state index in [-0.39, 0.29) is 5.97 Å². The Hall–Kier alpha value is -0.570. The Labute approximate surface area is 112 Å². The number of carbonyl (C=O) groups excluding carboxylic acids is 1. The summed E-state index contributed by atoms with van der Waals surface area (Å²) >= 11 is 0. The molecule has 0 aliphatic carbocycles. The summed E-state index contributed by atoms with van der Waals surface area (Å²) in [4.78, 5) is 10.9. The smallest absolute Gasteiger partial charge is 0.305 e. The minimum absolute atomic E-state index is 0.0853. The molecule has 0 atom stereocenters. The standard InChI is InChI=1S/C15H30O3/c1-18-15(17)13-11-9-7-5-3-2-4-6-8-10-12-14-16/h16H,2-14H2,1H3. The summed E-state index contributed by atoms with van der Waals surface area (Å²) in [6, 6.07) is 0. The Bertz CT molecular complexity index is 181. The number of esters is 1. The average molecular weight is 258 g/mol. The highest BCUT2D eigenvalue weighted by molar-refractivity contribution is 5.68. The van der Waals surface area contributed by atoms with E-state index in [4.69, 9.17) is 5.11 Å². The van der Waals surface area contributed by atoms with Crippen LogP contribution in [0.25, 0.3) is 0 Å². The van der Waals surface area contributed by atoms with Gasteiger partial charge in [-0.3, -0.25) is 4.79 Å². The minimum atomic E-state index is -0.0853. The average Bonchev–Trinajstić information content (AvgIpc) is 2.39. The van der Waals surface area contributed by atoms with Crippen LogP contribution in [0.2, 0.25) is 0 Å². The summed E-state index contributed by atoms with van der Waals surface area (Å²) in [5.74, 6) is -0.0853. The zero-order valence-electron chi connectivity index (χ0n) is 12.0. The number of carbonyl (C=O) groups is 1. The fraction of sp³-hybridized carbons (Fsp3) is 0.933. The van der Waals surface area contributed by atoms with Crippen molar-refractivity contribution in [3.8, 4) is 0 Å². The van der Waals surface area contributed by atoms with Crippen LogP contribution in [0, 0.1) is 0 Å². The van der Waals surface area contributed by atoms with Crippen molar-refractivity contribution in [3.63, 3.8) is 0 Å². The molecule has 0 spiro atoms. The Morgan fingerprint density at radius 2 is 1.17 bits per heavy atom. The maximum absolute atomic E-state index is 10.9. The minimum Gasteiger partial charge on any atom is -0.469 e. The molecule has 3 nitrogen and oxygen atoms in total. The van der Waals surface area contributed by atoms with Crippen LogP contribution in [-0.2, 0) is 9.53 Å². The van der Waals surface area contributed by atoms with Crippen molar-refractivity contribution in [1.29, 1.82) is 0 Å². The zero-order chi connectivity index (χ0) is 13.5. The van der Waals surface area contributed by atoms with Gasteiger partial charge in [-0.25, -0.2) is 0 Å². The number of aliphatic hydroxyl groups excluding tert-OH is 1. The first-order valence-electron chi connectivity index (χ1n) is 7.49. The lowest BCUT2D eigenvalue weighted by atomic mass is 10.1. The molecule has 0 rings (SSSR count). The quantitative estimate of drug-likeness (QED) is 0.403. The van der Waals surface area contributed by atoms with Gasteiger partial charge in [-0.15, -0.1) is 0 Å². The number of aliphatic hydroxyl groups is 1. The molecule has 0 aromatic carbocycles. The number of unbranched alkanes of at least 4 members (excludes halogenated alkanes) is 10. The van der Waals surface area contributed by atoms with Crippen LogP contribution in [0.4, 0.5) is 0 Å². The number of hydrogen-bond acceptors (Lipinski definition) is 3. The predicted molar refractivity (Wildman–Crippen MR) is 74.5 cm³/mol. The van der Waals surface area contributed by atoms with Gasteiger partial charge < -0.3 is 9.84 Å². The topological polar surface area (TPSA) is 46.5 Å². The largest absolute Gasteiger partial charge is 0.469 e. The normalized spacial score (nSPS) is 10.6. The third kappa shape index (κ3) is 13.5. The molecule has 0 aliphatic rings. The van der Waals surface area contributed by atoms with Crippen LogP contribution in [0.3, 0.4) is 0 Å².